The van der Waals surface area contributed by atoms with Gasteiger partial charge in [-0.3, -0.25) is 4.90 Å². The van der Waals surface area contributed by atoms with Gasteiger partial charge in [-0.1, -0.05) is 0 Å². The first-order valence-corrected chi connectivity index (χ1v) is 6.45. The van der Waals surface area contributed by atoms with Crippen molar-refractivity contribution in [2.45, 2.75) is 38.8 Å². The zero-order chi connectivity index (χ0) is 12.1. The number of aromatic nitrogens is 2. The van der Waals surface area contributed by atoms with E-state index >= 15 is 0 Å². The molecule has 1 aromatic heterocycles. The molecule has 0 bridgehead atoms. The highest BCUT2D eigenvalue weighted by Gasteiger charge is 2.17. The monoisotopic (exact) mass is 234 g/mol. The lowest BCUT2D eigenvalue weighted by molar-refractivity contribution is 0.214. The Morgan fingerprint density at radius 1 is 1.41 bits per heavy atom. The van der Waals surface area contributed by atoms with Crippen LogP contribution >= 0.6 is 0 Å². The molecule has 1 N–H and O–H groups in total. The van der Waals surface area contributed by atoms with E-state index in [2.05, 4.69) is 27.2 Å². The SMILES string of the molecule is Cc1nccc(CN(C)C2CCCNCC2)n1. The van der Waals surface area contributed by atoms with Crippen LogP contribution < -0.4 is 5.32 Å². The lowest BCUT2D eigenvalue weighted by Gasteiger charge is -2.26. The molecule has 1 aliphatic rings. The molecule has 1 unspecified atom stereocenters. The molecule has 1 saturated heterocycles. The molecule has 0 saturated carbocycles. The van der Waals surface area contributed by atoms with Gasteiger partial charge in [-0.15, -0.1) is 0 Å². The van der Waals surface area contributed by atoms with Crippen LogP contribution in [-0.2, 0) is 6.54 Å². The molecule has 0 amide bonds. The molecule has 1 aliphatic heterocycles. The summed E-state index contributed by atoms with van der Waals surface area (Å²) in [5, 5.41) is 3.45. The van der Waals surface area contributed by atoms with Crippen molar-refractivity contribution in [1.29, 1.82) is 0 Å². The van der Waals surface area contributed by atoms with Crippen LogP contribution in [0.1, 0.15) is 30.8 Å². The molecule has 0 aliphatic carbocycles. The molecule has 0 spiro atoms. The molecule has 1 fully saturated rings. The van der Waals surface area contributed by atoms with Gasteiger partial charge >= 0.3 is 0 Å². The van der Waals surface area contributed by atoms with Crippen molar-refractivity contribution in [2.75, 3.05) is 20.1 Å². The van der Waals surface area contributed by atoms with Gasteiger partial charge in [-0.2, -0.15) is 0 Å². The molecular weight excluding hydrogens is 212 g/mol. The second kappa shape index (κ2) is 6.07. The van der Waals surface area contributed by atoms with Gasteiger partial charge < -0.3 is 5.32 Å². The van der Waals surface area contributed by atoms with Crippen LogP contribution in [0.15, 0.2) is 12.3 Å². The third-order valence-electron chi connectivity index (χ3n) is 3.41. The van der Waals surface area contributed by atoms with E-state index < -0.39 is 0 Å². The summed E-state index contributed by atoms with van der Waals surface area (Å²) in [6, 6.07) is 2.69. The van der Waals surface area contributed by atoms with Crippen molar-refractivity contribution in [3.05, 3.63) is 23.8 Å². The Kier molecular flexibility index (Phi) is 4.45. The first kappa shape index (κ1) is 12.5. The van der Waals surface area contributed by atoms with Gasteiger partial charge in [0, 0.05) is 18.8 Å². The van der Waals surface area contributed by atoms with Crippen LogP contribution in [0.4, 0.5) is 0 Å². The van der Waals surface area contributed by atoms with Crippen molar-refractivity contribution in [1.82, 2.24) is 20.2 Å². The number of hydrogen-bond donors (Lipinski definition) is 1. The Bertz CT molecular complexity index is 345. The molecule has 4 heteroatoms. The molecule has 0 radical (unpaired) electrons. The highest BCUT2D eigenvalue weighted by molar-refractivity contribution is 5.01. The lowest BCUT2D eigenvalue weighted by atomic mass is 10.1. The zero-order valence-corrected chi connectivity index (χ0v) is 10.8. The van der Waals surface area contributed by atoms with Crippen molar-refractivity contribution in [2.24, 2.45) is 0 Å². The summed E-state index contributed by atoms with van der Waals surface area (Å²) in [5.41, 5.74) is 1.12. The topological polar surface area (TPSA) is 41.1 Å². The summed E-state index contributed by atoms with van der Waals surface area (Å²) < 4.78 is 0. The summed E-state index contributed by atoms with van der Waals surface area (Å²) in [6.07, 6.45) is 5.64. The molecule has 0 aromatic carbocycles. The molecule has 2 heterocycles. The summed E-state index contributed by atoms with van der Waals surface area (Å²) in [4.78, 5) is 11.0. The van der Waals surface area contributed by atoms with Crippen LogP contribution in [0.25, 0.3) is 0 Å². The normalized spacial score (nSPS) is 21.5. The van der Waals surface area contributed by atoms with Crippen LogP contribution in [0.5, 0.6) is 0 Å². The largest absolute Gasteiger partial charge is 0.317 e. The second-order valence-electron chi connectivity index (χ2n) is 4.85. The average Bonchev–Trinajstić information content (AvgIpc) is 2.57. The maximum absolute atomic E-state index is 4.46. The van der Waals surface area contributed by atoms with E-state index in [1.165, 1.54) is 19.3 Å². The second-order valence-corrected chi connectivity index (χ2v) is 4.85. The Labute approximate surface area is 103 Å². The van der Waals surface area contributed by atoms with E-state index in [0.29, 0.717) is 6.04 Å². The fraction of sp³-hybridized carbons (Fsp3) is 0.692. The minimum atomic E-state index is 0.681. The van der Waals surface area contributed by atoms with Crippen molar-refractivity contribution >= 4 is 0 Å². The first-order valence-electron chi connectivity index (χ1n) is 6.45. The Morgan fingerprint density at radius 3 is 3.12 bits per heavy atom. The quantitative estimate of drug-likeness (QED) is 0.857. The third-order valence-corrected chi connectivity index (χ3v) is 3.41. The van der Waals surface area contributed by atoms with E-state index in [1.807, 2.05) is 19.2 Å². The summed E-state index contributed by atoms with van der Waals surface area (Å²) in [6.45, 7) is 5.17. The van der Waals surface area contributed by atoms with E-state index in [-0.39, 0.29) is 0 Å². The lowest BCUT2D eigenvalue weighted by Crippen LogP contribution is -2.32. The Hall–Kier alpha value is -1.00. The molecular formula is C13H22N4. The molecule has 17 heavy (non-hydrogen) atoms. The molecule has 2 rings (SSSR count). The van der Waals surface area contributed by atoms with Crippen molar-refractivity contribution in [3.8, 4) is 0 Å². The van der Waals surface area contributed by atoms with E-state index in [4.69, 9.17) is 0 Å². The minimum absolute atomic E-state index is 0.681. The fourth-order valence-corrected chi connectivity index (χ4v) is 2.42. The maximum atomic E-state index is 4.46. The Balaban J connectivity index is 1.93. The van der Waals surface area contributed by atoms with Gasteiger partial charge in [0.2, 0.25) is 0 Å². The number of rotatable bonds is 3. The minimum Gasteiger partial charge on any atom is -0.317 e. The number of hydrogen-bond acceptors (Lipinski definition) is 4. The molecule has 1 aromatic rings. The van der Waals surface area contributed by atoms with E-state index in [9.17, 15) is 0 Å². The van der Waals surface area contributed by atoms with E-state index in [1.54, 1.807) is 0 Å². The fourth-order valence-electron chi connectivity index (χ4n) is 2.42. The van der Waals surface area contributed by atoms with Gasteiger partial charge in [0.1, 0.15) is 5.82 Å². The number of aryl methyl sites for hydroxylation is 1. The van der Waals surface area contributed by atoms with E-state index in [0.717, 1.165) is 31.2 Å². The smallest absolute Gasteiger partial charge is 0.125 e. The zero-order valence-electron chi connectivity index (χ0n) is 10.8. The van der Waals surface area contributed by atoms with Crippen LogP contribution in [0.3, 0.4) is 0 Å². The van der Waals surface area contributed by atoms with Gasteiger partial charge in [-0.05, 0) is 52.4 Å². The summed E-state index contributed by atoms with van der Waals surface area (Å²) in [7, 11) is 2.20. The summed E-state index contributed by atoms with van der Waals surface area (Å²) >= 11 is 0. The predicted octanol–water partition coefficient (Wildman–Crippen LogP) is 1.36. The van der Waals surface area contributed by atoms with Crippen molar-refractivity contribution in [3.63, 3.8) is 0 Å². The maximum Gasteiger partial charge on any atom is 0.125 e. The summed E-state index contributed by atoms with van der Waals surface area (Å²) in [5.74, 6) is 0.860. The van der Waals surface area contributed by atoms with Gasteiger partial charge in [0.15, 0.2) is 0 Å². The first-order chi connectivity index (χ1) is 8.25. The molecule has 4 nitrogen and oxygen atoms in total. The van der Waals surface area contributed by atoms with Crippen molar-refractivity contribution < 1.29 is 0 Å². The number of nitrogens with zero attached hydrogens (tertiary/aromatic N) is 3. The highest BCUT2D eigenvalue weighted by atomic mass is 15.1. The predicted molar refractivity (Wildman–Crippen MR) is 68.7 cm³/mol. The van der Waals surface area contributed by atoms with Gasteiger partial charge in [0.05, 0.1) is 5.69 Å². The molecule has 1 atom stereocenters. The number of nitrogens with one attached hydrogen (secondary N) is 1. The van der Waals surface area contributed by atoms with Gasteiger partial charge in [0.25, 0.3) is 0 Å². The van der Waals surface area contributed by atoms with Crippen LogP contribution in [-0.4, -0.2) is 41.0 Å². The third kappa shape index (κ3) is 3.75. The molecule has 94 valence electrons. The van der Waals surface area contributed by atoms with Gasteiger partial charge in [-0.25, -0.2) is 9.97 Å². The van der Waals surface area contributed by atoms with Crippen LogP contribution in [0.2, 0.25) is 0 Å². The average molecular weight is 234 g/mol. The Morgan fingerprint density at radius 2 is 2.29 bits per heavy atom. The highest BCUT2D eigenvalue weighted by Crippen LogP contribution is 2.13. The standard InChI is InChI=1S/C13H22N4/c1-11-15-9-5-12(16-11)10-17(2)13-4-3-7-14-8-6-13/h5,9,13-14H,3-4,6-8,10H2,1-2H3. The van der Waals surface area contributed by atoms with Crippen LogP contribution in [0, 0.1) is 6.92 Å².